The number of piperazine rings is 1. The largest absolute Gasteiger partial charge is 0.368 e. The monoisotopic (exact) mass is 365 g/mol. The van der Waals surface area contributed by atoms with Crippen molar-refractivity contribution in [3.05, 3.63) is 10.4 Å². The summed E-state index contributed by atoms with van der Waals surface area (Å²) in [5.74, 6) is 2.25. The average Bonchev–Trinajstić information content (AvgIpc) is 3.06. The van der Waals surface area contributed by atoms with Gasteiger partial charge in [-0.15, -0.1) is 23.7 Å². The van der Waals surface area contributed by atoms with Gasteiger partial charge in [-0.3, -0.25) is 0 Å². The highest BCUT2D eigenvalue weighted by Crippen LogP contribution is 2.41. The number of nitrogens with zero attached hydrogens (tertiary/aromatic N) is 3. The van der Waals surface area contributed by atoms with Gasteiger partial charge in [0.15, 0.2) is 5.82 Å². The van der Waals surface area contributed by atoms with Gasteiger partial charge in [-0.05, 0) is 43.6 Å². The number of nitrogens with two attached hydrogens (primary N) is 1. The number of aryl methyl sites for hydroxylation is 1. The van der Waals surface area contributed by atoms with Gasteiger partial charge in [-0.1, -0.05) is 6.92 Å². The van der Waals surface area contributed by atoms with Crippen molar-refractivity contribution >= 4 is 45.7 Å². The molecule has 3 atom stereocenters. The molecule has 7 heteroatoms. The van der Waals surface area contributed by atoms with Crippen LogP contribution in [0.4, 0.5) is 11.8 Å². The zero-order valence-corrected chi connectivity index (χ0v) is 15.6. The second kappa shape index (κ2) is 6.00. The van der Waals surface area contributed by atoms with Gasteiger partial charge in [0.1, 0.15) is 0 Å². The molecule has 5 nitrogen and oxygen atoms in total. The third kappa shape index (κ3) is 2.55. The van der Waals surface area contributed by atoms with Crippen molar-refractivity contribution < 1.29 is 0 Å². The Bertz CT molecular complexity index is 764. The van der Waals surface area contributed by atoms with Crippen LogP contribution < -0.4 is 16.0 Å². The van der Waals surface area contributed by atoms with Crippen LogP contribution >= 0.6 is 23.7 Å². The van der Waals surface area contributed by atoms with Crippen molar-refractivity contribution in [2.75, 3.05) is 23.7 Å². The van der Waals surface area contributed by atoms with Gasteiger partial charge in [0.2, 0.25) is 5.95 Å². The lowest BCUT2D eigenvalue weighted by molar-refractivity contribution is 0.464. The topological polar surface area (TPSA) is 67.1 Å². The summed E-state index contributed by atoms with van der Waals surface area (Å²) in [7, 11) is 0. The van der Waals surface area contributed by atoms with Gasteiger partial charge in [-0.2, -0.15) is 4.98 Å². The summed E-state index contributed by atoms with van der Waals surface area (Å²) >= 11 is 1.91. The summed E-state index contributed by atoms with van der Waals surface area (Å²) in [4.78, 5) is 13.2. The van der Waals surface area contributed by atoms with E-state index in [0.717, 1.165) is 36.8 Å². The molecule has 3 aliphatic rings. The second-order valence-corrected chi connectivity index (χ2v) is 8.58. The molecule has 1 aliphatic carbocycles. The molecule has 3 N–H and O–H groups in total. The summed E-state index contributed by atoms with van der Waals surface area (Å²) in [5, 5.41) is 3.69. The fourth-order valence-corrected chi connectivity index (χ4v) is 5.80. The molecule has 2 bridgehead atoms. The second-order valence-electron chi connectivity index (χ2n) is 7.48. The van der Waals surface area contributed by atoms with E-state index in [1.165, 1.54) is 40.8 Å². The minimum Gasteiger partial charge on any atom is -0.368 e. The van der Waals surface area contributed by atoms with E-state index >= 15 is 0 Å². The Morgan fingerprint density at radius 3 is 2.67 bits per heavy atom. The molecule has 4 heterocycles. The molecule has 2 aromatic rings. The lowest BCUT2D eigenvalue weighted by Gasteiger charge is -2.33. The molecule has 2 fully saturated rings. The molecule has 0 aromatic carbocycles. The standard InChI is InChI=1S/C17H23N5S.ClH/c1-9-2-5-13-12(6-9)14-15(23-13)16(21-17(18)20-14)22-7-10-3-4-11(8-22)19-10;/h9-11,19H,2-8H2,1H3,(H2,18,20,21);1H. The van der Waals surface area contributed by atoms with E-state index in [1.54, 1.807) is 0 Å². The summed E-state index contributed by atoms with van der Waals surface area (Å²) < 4.78 is 1.26. The first kappa shape index (κ1) is 16.4. The number of nitrogens with one attached hydrogen (secondary N) is 1. The summed E-state index contributed by atoms with van der Waals surface area (Å²) in [6, 6.07) is 1.21. The van der Waals surface area contributed by atoms with Crippen molar-refractivity contribution in [3.63, 3.8) is 0 Å². The maximum absolute atomic E-state index is 6.08. The predicted molar refractivity (Wildman–Crippen MR) is 102 cm³/mol. The lowest BCUT2D eigenvalue weighted by atomic mass is 9.89. The van der Waals surface area contributed by atoms with E-state index in [0.29, 0.717) is 18.0 Å². The molecule has 0 spiro atoms. The first-order valence-electron chi connectivity index (χ1n) is 8.76. The lowest BCUT2D eigenvalue weighted by Crippen LogP contribution is -2.51. The smallest absolute Gasteiger partial charge is 0.222 e. The number of aromatic nitrogens is 2. The van der Waals surface area contributed by atoms with E-state index in [1.807, 2.05) is 11.3 Å². The van der Waals surface area contributed by atoms with Crippen LogP contribution in [-0.2, 0) is 12.8 Å². The maximum Gasteiger partial charge on any atom is 0.222 e. The zero-order valence-electron chi connectivity index (χ0n) is 13.9. The van der Waals surface area contributed by atoms with Gasteiger partial charge in [-0.25, -0.2) is 4.98 Å². The molecule has 130 valence electrons. The Morgan fingerprint density at radius 1 is 1.17 bits per heavy atom. The fraction of sp³-hybridized carbons (Fsp3) is 0.647. The number of halogens is 1. The Balaban J connectivity index is 0.00000146. The molecule has 3 unspecified atom stereocenters. The van der Waals surface area contributed by atoms with Crippen LogP contribution in [0.2, 0.25) is 0 Å². The highest BCUT2D eigenvalue weighted by molar-refractivity contribution is 7.19. The quantitative estimate of drug-likeness (QED) is 0.813. The van der Waals surface area contributed by atoms with Crippen molar-refractivity contribution in [2.45, 2.75) is 51.1 Å². The zero-order chi connectivity index (χ0) is 15.6. The van der Waals surface area contributed by atoms with E-state index in [-0.39, 0.29) is 12.4 Å². The van der Waals surface area contributed by atoms with Crippen LogP contribution in [0, 0.1) is 5.92 Å². The molecular formula is C17H24ClN5S. The Labute approximate surface area is 152 Å². The van der Waals surface area contributed by atoms with Crippen LogP contribution in [0.3, 0.4) is 0 Å². The Hall–Kier alpha value is -1.11. The Morgan fingerprint density at radius 2 is 1.92 bits per heavy atom. The summed E-state index contributed by atoms with van der Waals surface area (Å²) in [6.07, 6.45) is 6.17. The SMILES string of the molecule is CC1CCc2sc3c(N4CC5CCC(C4)N5)nc(N)nc3c2C1.Cl. The normalized spacial score (nSPS) is 28.7. The van der Waals surface area contributed by atoms with Gasteiger partial charge in [0, 0.05) is 30.1 Å². The van der Waals surface area contributed by atoms with Crippen LogP contribution in [0.5, 0.6) is 0 Å². The molecule has 2 aromatic heterocycles. The predicted octanol–water partition coefficient (Wildman–Crippen LogP) is 2.76. The van der Waals surface area contributed by atoms with Crippen LogP contribution in [0.1, 0.15) is 36.6 Å². The number of nitrogen functional groups attached to an aromatic ring is 1. The van der Waals surface area contributed by atoms with E-state index in [9.17, 15) is 0 Å². The van der Waals surface area contributed by atoms with Crippen molar-refractivity contribution in [3.8, 4) is 0 Å². The van der Waals surface area contributed by atoms with E-state index in [2.05, 4.69) is 27.1 Å². The number of rotatable bonds is 1. The van der Waals surface area contributed by atoms with Gasteiger partial charge < -0.3 is 16.0 Å². The number of hydrogen-bond acceptors (Lipinski definition) is 6. The fourth-order valence-electron chi connectivity index (χ4n) is 4.50. The Kier molecular flexibility index (Phi) is 4.09. The first-order valence-corrected chi connectivity index (χ1v) is 9.58. The van der Waals surface area contributed by atoms with Gasteiger partial charge >= 0.3 is 0 Å². The van der Waals surface area contributed by atoms with Crippen LogP contribution in [0.15, 0.2) is 0 Å². The third-order valence-corrected chi connectivity index (χ3v) is 6.92. The van der Waals surface area contributed by atoms with Crippen molar-refractivity contribution in [1.29, 1.82) is 0 Å². The van der Waals surface area contributed by atoms with Crippen molar-refractivity contribution in [2.24, 2.45) is 5.92 Å². The number of hydrogen-bond donors (Lipinski definition) is 2. The van der Waals surface area contributed by atoms with Crippen molar-refractivity contribution in [1.82, 2.24) is 15.3 Å². The number of fused-ring (bicyclic) bond motifs is 5. The molecule has 5 rings (SSSR count). The molecule has 0 saturated carbocycles. The molecule has 2 aliphatic heterocycles. The van der Waals surface area contributed by atoms with Crippen LogP contribution in [-0.4, -0.2) is 35.1 Å². The molecule has 24 heavy (non-hydrogen) atoms. The maximum atomic E-state index is 6.08. The highest BCUT2D eigenvalue weighted by atomic mass is 35.5. The minimum absolute atomic E-state index is 0. The summed E-state index contributed by atoms with van der Waals surface area (Å²) in [5.41, 5.74) is 8.65. The molecule has 0 radical (unpaired) electrons. The van der Waals surface area contributed by atoms with Gasteiger partial charge in [0.05, 0.1) is 10.2 Å². The third-order valence-electron chi connectivity index (χ3n) is 5.65. The minimum atomic E-state index is 0. The van der Waals surface area contributed by atoms with E-state index in [4.69, 9.17) is 5.73 Å². The van der Waals surface area contributed by atoms with E-state index < -0.39 is 0 Å². The molecule has 2 saturated heterocycles. The summed E-state index contributed by atoms with van der Waals surface area (Å²) in [6.45, 7) is 4.42. The number of anilines is 2. The average molecular weight is 366 g/mol. The highest BCUT2D eigenvalue weighted by Gasteiger charge is 2.34. The molecule has 0 amide bonds. The first-order chi connectivity index (χ1) is 11.2. The number of thiophene rings is 1. The van der Waals surface area contributed by atoms with Crippen LogP contribution in [0.25, 0.3) is 10.2 Å². The van der Waals surface area contributed by atoms with Gasteiger partial charge in [0.25, 0.3) is 0 Å². The molecular weight excluding hydrogens is 342 g/mol.